The van der Waals surface area contributed by atoms with Crippen molar-refractivity contribution in [2.75, 3.05) is 51.3 Å². The number of anilines is 1. The van der Waals surface area contributed by atoms with E-state index in [1.54, 1.807) is 11.0 Å². The number of nitrogens with zero attached hydrogens (tertiary/aromatic N) is 4. The zero-order valence-corrected chi connectivity index (χ0v) is 21.8. The summed E-state index contributed by atoms with van der Waals surface area (Å²) in [5, 5.41) is 0. The minimum atomic E-state index is -0.534. The molecule has 0 bridgehead atoms. The highest BCUT2D eigenvalue weighted by molar-refractivity contribution is 5.96. The standard InChI is InChI=1S/C22H34N4O2.C3H6.C2H6/c1-4-11-22(12-5-2)21(28)25(18-26(22)19-9-7-6-8-10-19)17-20(27)24-15-13-23(3)14-16-24;1-3-2;1-2/h6-10H,4-5,11-18H2,1-3H3;3H,1H2,2H3;1-2H3. The average molecular weight is 459 g/mol. The summed E-state index contributed by atoms with van der Waals surface area (Å²) < 4.78 is 0. The summed E-state index contributed by atoms with van der Waals surface area (Å²) in [6.45, 7) is 17.5. The van der Waals surface area contributed by atoms with Gasteiger partial charge in [-0.2, -0.15) is 0 Å². The molecule has 0 unspecified atom stereocenters. The van der Waals surface area contributed by atoms with Gasteiger partial charge in [-0.25, -0.2) is 0 Å². The molecule has 1 aromatic rings. The van der Waals surface area contributed by atoms with Crippen LogP contribution in [0, 0.1) is 0 Å². The Kier molecular flexibility index (Phi) is 12.8. The topological polar surface area (TPSA) is 47.1 Å². The molecule has 2 heterocycles. The van der Waals surface area contributed by atoms with Crippen molar-refractivity contribution in [2.45, 2.75) is 65.8 Å². The van der Waals surface area contributed by atoms with Crippen LogP contribution in [0.3, 0.4) is 0 Å². The number of rotatable bonds is 7. The predicted molar refractivity (Wildman–Crippen MR) is 139 cm³/mol. The number of amides is 2. The molecule has 0 N–H and O–H groups in total. The van der Waals surface area contributed by atoms with Gasteiger partial charge in [0.15, 0.2) is 0 Å². The summed E-state index contributed by atoms with van der Waals surface area (Å²) in [6.07, 6.45) is 5.26. The summed E-state index contributed by atoms with van der Waals surface area (Å²) in [4.78, 5) is 34.6. The van der Waals surface area contributed by atoms with E-state index in [2.05, 4.69) is 49.4 Å². The van der Waals surface area contributed by atoms with Gasteiger partial charge in [0.25, 0.3) is 0 Å². The molecule has 0 aromatic heterocycles. The van der Waals surface area contributed by atoms with Crippen LogP contribution in [0.25, 0.3) is 0 Å². The van der Waals surface area contributed by atoms with E-state index in [-0.39, 0.29) is 18.4 Å². The fraction of sp³-hybridized carbons (Fsp3) is 0.630. The smallest absolute Gasteiger partial charge is 0.250 e. The Morgan fingerprint density at radius 3 is 2.03 bits per heavy atom. The van der Waals surface area contributed by atoms with Gasteiger partial charge in [0.2, 0.25) is 11.8 Å². The predicted octanol–water partition coefficient (Wildman–Crippen LogP) is 4.62. The van der Waals surface area contributed by atoms with Crippen molar-refractivity contribution in [2.24, 2.45) is 0 Å². The van der Waals surface area contributed by atoms with Crippen LogP contribution in [0.2, 0.25) is 0 Å². The van der Waals surface area contributed by atoms with Crippen LogP contribution in [0.1, 0.15) is 60.3 Å². The maximum atomic E-state index is 13.6. The number of piperazine rings is 1. The van der Waals surface area contributed by atoms with Gasteiger partial charge in [0.1, 0.15) is 12.1 Å². The molecule has 2 aliphatic rings. The summed E-state index contributed by atoms with van der Waals surface area (Å²) in [7, 11) is 2.08. The number of carbonyl (C=O) groups is 2. The number of allylic oxidation sites excluding steroid dienone is 1. The molecule has 2 amide bonds. The van der Waals surface area contributed by atoms with Gasteiger partial charge in [-0.1, -0.05) is 64.8 Å². The number of benzene rings is 1. The van der Waals surface area contributed by atoms with Crippen molar-refractivity contribution in [3.8, 4) is 0 Å². The van der Waals surface area contributed by atoms with Gasteiger partial charge < -0.3 is 19.6 Å². The van der Waals surface area contributed by atoms with Crippen molar-refractivity contribution in [1.29, 1.82) is 0 Å². The first-order chi connectivity index (χ1) is 15.9. The van der Waals surface area contributed by atoms with E-state index in [0.717, 1.165) is 57.5 Å². The summed E-state index contributed by atoms with van der Waals surface area (Å²) in [5.41, 5.74) is 0.528. The van der Waals surface area contributed by atoms with Crippen molar-refractivity contribution < 1.29 is 9.59 Å². The lowest BCUT2D eigenvalue weighted by Crippen LogP contribution is -2.51. The number of likely N-dealkylation sites (N-methyl/N-ethyl adjacent to an activating group) is 1. The highest BCUT2D eigenvalue weighted by Crippen LogP contribution is 2.38. The zero-order valence-electron chi connectivity index (χ0n) is 21.8. The van der Waals surface area contributed by atoms with Crippen molar-refractivity contribution in [3.05, 3.63) is 43.0 Å². The molecule has 0 atom stereocenters. The lowest BCUT2D eigenvalue weighted by molar-refractivity contribution is -0.141. The van der Waals surface area contributed by atoms with Crippen LogP contribution < -0.4 is 4.90 Å². The summed E-state index contributed by atoms with van der Waals surface area (Å²) in [5.74, 6) is 0.181. The third-order valence-electron chi connectivity index (χ3n) is 6.09. The Balaban J connectivity index is 0.00000101. The first-order valence-corrected chi connectivity index (χ1v) is 12.6. The molecule has 6 heteroatoms. The minimum Gasteiger partial charge on any atom is -0.339 e. The average Bonchev–Trinajstić information content (AvgIpc) is 3.08. The van der Waals surface area contributed by atoms with Crippen LogP contribution >= 0.6 is 0 Å². The van der Waals surface area contributed by atoms with Crippen LogP contribution in [0.5, 0.6) is 0 Å². The van der Waals surface area contributed by atoms with Crippen molar-refractivity contribution in [1.82, 2.24) is 14.7 Å². The van der Waals surface area contributed by atoms with E-state index in [4.69, 9.17) is 0 Å². The Bertz CT molecular complexity index is 708. The van der Waals surface area contributed by atoms with E-state index in [1.165, 1.54) is 0 Å². The highest BCUT2D eigenvalue weighted by atomic mass is 16.2. The van der Waals surface area contributed by atoms with Crippen LogP contribution in [0.15, 0.2) is 43.0 Å². The largest absolute Gasteiger partial charge is 0.339 e. The lowest BCUT2D eigenvalue weighted by atomic mass is 9.86. The molecule has 186 valence electrons. The number of hydrogen-bond acceptors (Lipinski definition) is 4. The molecule has 2 fully saturated rings. The van der Waals surface area contributed by atoms with Gasteiger partial charge >= 0.3 is 0 Å². The van der Waals surface area contributed by atoms with E-state index >= 15 is 0 Å². The summed E-state index contributed by atoms with van der Waals surface area (Å²) in [6, 6.07) is 10.2. The number of hydrogen-bond donors (Lipinski definition) is 0. The molecule has 0 spiro atoms. The molecule has 33 heavy (non-hydrogen) atoms. The first-order valence-electron chi connectivity index (χ1n) is 12.6. The second-order valence-electron chi connectivity index (χ2n) is 8.53. The molecule has 0 aliphatic carbocycles. The van der Waals surface area contributed by atoms with Crippen LogP contribution in [-0.2, 0) is 9.59 Å². The minimum absolute atomic E-state index is 0.0678. The van der Waals surface area contributed by atoms with Crippen LogP contribution in [0.4, 0.5) is 5.69 Å². The van der Waals surface area contributed by atoms with E-state index < -0.39 is 5.54 Å². The normalized spacial score (nSPS) is 17.6. The third-order valence-corrected chi connectivity index (χ3v) is 6.09. The molecule has 0 saturated carbocycles. The molecule has 1 aromatic carbocycles. The Labute approximate surface area is 202 Å². The molecule has 2 saturated heterocycles. The molecule has 0 radical (unpaired) electrons. The van der Waals surface area contributed by atoms with E-state index in [1.807, 2.05) is 43.9 Å². The highest BCUT2D eigenvalue weighted by Gasteiger charge is 2.51. The SMILES string of the molecule is C=CC.CC.CCCC1(CCC)C(=O)N(CC(=O)N2CCN(C)CC2)CN1c1ccccc1. The van der Waals surface area contributed by atoms with Gasteiger partial charge in [0, 0.05) is 31.9 Å². The van der Waals surface area contributed by atoms with Gasteiger partial charge in [-0.3, -0.25) is 9.59 Å². The quantitative estimate of drug-likeness (QED) is 0.559. The van der Waals surface area contributed by atoms with Gasteiger partial charge in [0.05, 0.1) is 6.67 Å². The second-order valence-corrected chi connectivity index (χ2v) is 8.53. The maximum absolute atomic E-state index is 13.6. The zero-order chi connectivity index (χ0) is 24.9. The number of carbonyl (C=O) groups excluding carboxylic acids is 2. The monoisotopic (exact) mass is 458 g/mol. The third kappa shape index (κ3) is 7.32. The Hall–Kier alpha value is -2.34. The van der Waals surface area contributed by atoms with Crippen molar-refractivity contribution in [3.63, 3.8) is 0 Å². The second kappa shape index (κ2) is 14.7. The van der Waals surface area contributed by atoms with E-state index in [9.17, 15) is 9.59 Å². The van der Waals surface area contributed by atoms with Gasteiger partial charge in [-0.05, 0) is 38.9 Å². The van der Waals surface area contributed by atoms with Gasteiger partial charge in [-0.15, -0.1) is 6.58 Å². The van der Waals surface area contributed by atoms with Crippen LogP contribution in [-0.4, -0.2) is 78.5 Å². The Morgan fingerprint density at radius 1 is 1.03 bits per heavy atom. The molecular formula is C27H46N4O2. The fourth-order valence-electron chi connectivity index (χ4n) is 4.59. The van der Waals surface area contributed by atoms with E-state index in [0.29, 0.717) is 6.67 Å². The summed E-state index contributed by atoms with van der Waals surface area (Å²) >= 11 is 0. The molecule has 3 rings (SSSR count). The number of para-hydroxylation sites is 1. The van der Waals surface area contributed by atoms with Crippen molar-refractivity contribution >= 4 is 17.5 Å². The molecular weight excluding hydrogens is 412 g/mol. The first kappa shape index (κ1) is 28.7. The maximum Gasteiger partial charge on any atom is 0.250 e. The molecule has 6 nitrogen and oxygen atoms in total. The molecule has 2 aliphatic heterocycles. The lowest BCUT2D eigenvalue weighted by Gasteiger charge is -2.37. The Morgan fingerprint density at radius 2 is 1.55 bits per heavy atom. The fourth-order valence-corrected chi connectivity index (χ4v) is 4.59.